The molecule has 33 heavy (non-hydrogen) atoms. The van der Waals surface area contributed by atoms with Gasteiger partial charge in [0.25, 0.3) is 0 Å². The van der Waals surface area contributed by atoms with Crippen molar-refractivity contribution in [2.45, 2.75) is 150 Å². The molecule has 0 aromatic rings. The average Bonchev–Trinajstić information content (AvgIpc) is 2.75. The number of Topliss-reactive ketones (excluding diaryl/α,β-unsaturated/α-hetero) is 1. The highest BCUT2D eigenvalue weighted by Crippen LogP contribution is 2.22. The molecule has 0 saturated carbocycles. The number of hydrogen-bond donors (Lipinski definition) is 1. The van der Waals surface area contributed by atoms with E-state index in [9.17, 15) is 9.90 Å². The summed E-state index contributed by atoms with van der Waals surface area (Å²) in [5.74, 6) is 2.45. The lowest BCUT2D eigenvalue weighted by Gasteiger charge is -2.15. The number of hydrogen-bond acceptors (Lipinski definition) is 2. The van der Waals surface area contributed by atoms with Crippen molar-refractivity contribution >= 4 is 5.78 Å². The lowest BCUT2D eigenvalue weighted by atomic mass is 9.91. The number of aliphatic hydroxyl groups excluding tert-OH is 1. The topological polar surface area (TPSA) is 37.3 Å². The van der Waals surface area contributed by atoms with Crippen molar-refractivity contribution in [1.29, 1.82) is 0 Å². The maximum atomic E-state index is 12.2. The fraction of sp³-hybridized carbons (Fsp3) is 0.839. The van der Waals surface area contributed by atoms with Crippen LogP contribution in [0.1, 0.15) is 144 Å². The molecule has 2 nitrogen and oxygen atoms in total. The van der Waals surface area contributed by atoms with Crippen LogP contribution in [0.4, 0.5) is 0 Å². The summed E-state index contributed by atoms with van der Waals surface area (Å²) in [5.41, 5.74) is 1.16. The molecule has 0 aromatic carbocycles. The maximum Gasteiger partial charge on any atom is 0.165 e. The Morgan fingerprint density at radius 1 is 0.727 bits per heavy atom. The Morgan fingerprint density at radius 3 is 1.82 bits per heavy atom. The molecule has 0 heterocycles. The lowest BCUT2D eigenvalue weighted by molar-refractivity contribution is -0.125. The van der Waals surface area contributed by atoms with Gasteiger partial charge in [-0.15, -0.1) is 6.58 Å². The van der Waals surface area contributed by atoms with Crippen LogP contribution in [0.3, 0.4) is 0 Å². The molecule has 194 valence electrons. The number of aliphatic hydroxyl groups is 1. The van der Waals surface area contributed by atoms with Crippen molar-refractivity contribution in [3.63, 3.8) is 0 Å². The summed E-state index contributed by atoms with van der Waals surface area (Å²) in [6.07, 6.45) is 22.9. The third-order valence-corrected chi connectivity index (χ3v) is 6.99. The van der Waals surface area contributed by atoms with E-state index in [4.69, 9.17) is 0 Å². The van der Waals surface area contributed by atoms with Crippen LogP contribution in [0.15, 0.2) is 24.3 Å². The molecule has 3 atom stereocenters. The highest BCUT2D eigenvalue weighted by molar-refractivity contribution is 5.84. The van der Waals surface area contributed by atoms with Crippen LogP contribution in [-0.4, -0.2) is 17.0 Å². The molecule has 0 aliphatic heterocycles. The molecule has 0 aromatic heterocycles. The fourth-order valence-electron chi connectivity index (χ4n) is 4.60. The summed E-state index contributed by atoms with van der Waals surface area (Å²) >= 11 is 0. The van der Waals surface area contributed by atoms with Gasteiger partial charge in [-0.25, -0.2) is 0 Å². The van der Waals surface area contributed by atoms with Gasteiger partial charge >= 0.3 is 0 Å². The Labute approximate surface area is 207 Å². The van der Waals surface area contributed by atoms with E-state index in [1.165, 1.54) is 70.6 Å². The lowest BCUT2D eigenvalue weighted by Crippen LogP contribution is -2.17. The van der Waals surface area contributed by atoms with Crippen LogP contribution in [0.25, 0.3) is 0 Å². The van der Waals surface area contributed by atoms with E-state index in [2.05, 4.69) is 41.2 Å². The Kier molecular flexibility index (Phi) is 21.0. The minimum absolute atomic E-state index is 0.0168. The summed E-state index contributed by atoms with van der Waals surface area (Å²) in [6.45, 7) is 15.2. The SMILES string of the molecule is C=CCCCCCCCCC(=O)C(O)C=C(C)CCCC(C)CCCC(C)CCCC(C)C. The Morgan fingerprint density at radius 2 is 1.24 bits per heavy atom. The summed E-state index contributed by atoms with van der Waals surface area (Å²) in [6, 6.07) is 0. The van der Waals surface area contributed by atoms with Crippen molar-refractivity contribution < 1.29 is 9.90 Å². The first kappa shape index (κ1) is 32.1. The van der Waals surface area contributed by atoms with Crippen LogP contribution in [0.5, 0.6) is 0 Å². The highest BCUT2D eigenvalue weighted by Gasteiger charge is 2.12. The first-order valence-corrected chi connectivity index (χ1v) is 14.2. The molecule has 0 bridgehead atoms. The fourth-order valence-corrected chi connectivity index (χ4v) is 4.60. The first-order valence-electron chi connectivity index (χ1n) is 14.2. The summed E-state index contributed by atoms with van der Waals surface area (Å²) in [5, 5.41) is 10.2. The number of carbonyl (C=O) groups excluding carboxylic acids is 1. The van der Waals surface area contributed by atoms with Gasteiger partial charge in [-0.05, 0) is 62.9 Å². The van der Waals surface area contributed by atoms with Gasteiger partial charge in [0.2, 0.25) is 0 Å². The molecule has 0 spiro atoms. The smallest absolute Gasteiger partial charge is 0.165 e. The molecule has 0 rings (SSSR count). The average molecular weight is 463 g/mol. The summed E-state index contributed by atoms with van der Waals surface area (Å²) < 4.78 is 0. The molecule has 0 fully saturated rings. The highest BCUT2D eigenvalue weighted by atomic mass is 16.3. The summed E-state index contributed by atoms with van der Waals surface area (Å²) in [4.78, 5) is 12.2. The van der Waals surface area contributed by atoms with Crippen molar-refractivity contribution in [3.8, 4) is 0 Å². The molecule has 0 aliphatic rings. The number of rotatable bonds is 23. The third kappa shape index (κ3) is 21.4. The molecule has 1 N–H and O–H groups in total. The number of carbonyl (C=O) groups is 1. The van der Waals surface area contributed by atoms with Crippen molar-refractivity contribution in [2.24, 2.45) is 17.8 Å². The van der Waals surface area contributed by atoms with Gasteiger partial charge in [0.15, 0.2) is 5.78 Å². The van der Waals surface area contributed by atoms with Gasteiger partial charge < -0.3 is 5.11 Å². The minimum atomic E-state index is -0.910. The van der Waals surface area contributed by atoms with Crippen LogP contribution in [0.2, 0.25) is 0 Å². The molecule has 0 aliphatic carbocycles. The van der Waals surface area contributed by atoms with E-state index in [1.54, 1.807) is 6.08 Å². The van der Waals surface area contributed by atoms with Crippen molar-refractivity contribution in [2.75, 3.05) is 0 Å². The van der Waals surface area contributed by atoms with Gasteiger partial charge in [-0.3, -0.25) is 4.79 Å². The van der Waals surface area contributed by atoms with Gasteiger partial charge in [0, 0.05) is 6.42 Å². The van der Waals surface area contributed by atoms with E-state index in [0.717, 1.165) is 55.4 Å². The molecular formula is C31H58O2. The van der Waals surface area contributed by atoms with E-state index < -0.39 is 6.10 Å². The maximum absolute atomic E-state index is 12.2. The molecular weight excluding hydrogens is 404 g/mol. The van der Waals surface area contributed by atoms with Gasteiger partial charge in [-0.2, -0.15) is 0 Å². The normalized spacial score (nSPS) is 14.9. The predicted molar refractivity (Wildman–Crippen MR) is 147 cm³/mol. The number of allylic oxidation sites excluding steroid dienone is 2. The Hall–Kier alpha value is -0.890. The molecule has 2 heteroatoms. The Balaban J connectivity index is 3.83. The predicted octanol–water partition coefficient (Wildman–Crippen LogP) is 9.61. The van der Waals surface area contributed by atoms with Gasteiger partial charge in [-0.1, -0.05) is 110 Å². The van der Waals surface area contributed by atoms with Crippen LogP contribution < -0.4 is 0 Å². The van der Waals surface area contributed by atoms with Gasteiger partial charge in [0.05, 0.1) is 0 Å². The van der Waals surface area contributed by atoms with E-state index >= 15 is 0 Å². The Bertz CT molecular complexity index is 505. The quantitative estimate of drug-likeness (QED) is 0.121. The zero-order valence-corrected chi connectivity index (χ0v) is 23.0. The number of ketones is 1. The number of unbranched alkanes of at least 4 members (excludes halogenated alkanes) is 6. The third-order valence-electron chi connectivity index (χ3n) is 6.99. The molecule has 0 amide bonds. The van der Waals surface area contributed by atoms with Crippen LogP contribution in [-0.2, 0) is 4.79 Å². The van der Waals surface area contributed by atoms with Crippen LogP contribution in [0, 0.1) is 17.8 Å². The van der Waals surface area contributed by atoms with E-state index in [-0.39, 0.29) is 5.78 Å². The van der Waals surface area contributed by atoms with Crippen molar-refractivity contribution in [1.82, 2.24) is 0 Å². The van der Waals surface area contributed by atoms with E-state index in [0.29, 0.717) is 6.42 Å². The minimum Gasteiger partial charge on any atom is -0.381 e. The molecule has 0 radical (unpaired) electrons. The van der Waals surface area contributed by atoms with Crippen LogP contribution >= 0.6 is 0 Å². The zero-order chi connectivity index (χ0) is 24.9. The summed E-state index contributed by atoms with van der Waals surface area (Å²) in [7, 11) is 0. The molecule has 0 saturated heterocycles. The second kappa shape index (κ2) is 21.6. The second-order valence-electron chi connectivity index (χ2n) is 11.2. The largest absolute Gasteiger partial charge is 0.381 e. The van der Waals surface area contributed by atoms with Crippen molar-refractivity contribution in [3.05, 3.63) is 24.3 Å². The van der Waals surface area contributed by atoms with Gasteiger partial charge in [0.1, 0.15) is 6.10 Å². The molecule has 3 unspecified atom stereocenters. The monoisotopic (exact) mass is 462 g/mol. The zero-order valence-electron chi connectivity index (χ0n) is 23.0. The standard InChI is InChI=1S/C31H58O2/c1-7-8-9-10-11-12-13-14-24-30(32)31(33)25-29(6)23-17-22-28(5)21-16-20-27(4)19-15-18-26(2)3/h7,25-28,31,33H,1,8-24H2,2-6H3. The van der Waals surface area contributed by atoms with E-state index in [1.807, 2.05) is 6.08 Å². The second-order valence-corrected chi connectivity index (χ2v) is 11.2. The first-order chi connectivity index (χ1) is 15.8.